The first kappa shape index (κ1) is 60.5. The normalized spacial score (nSPS) is 22.0. The number of likely N-dealkylation sites (tertiary alicyclic amines) is 2. The Bertz CT molecular complexity index is 2810. The van der Waals surface area contributed by atoms with Gasteiger partial charge in [-0.2, -0.15) is 0 Å². The Labute approximate surface area is 481 Å². The molecule has 20 nitrogen and oxygen atoms in total. The van der Waals surface area contributed by atoms with Crippen LogP contribution in [0.5, 0.6) is 0 Å². The van der Waals surface area contributed by atoms with Crippen LogP contribution >= 0.6 is 0 Å². The molecule has 2 aromatic heterocycles. The minimum absolute atomic E-state index is 0.0279. The number of benzene rings is 2. The highest BCUT2D eigenvalue weighted by Gasteiger charge is 2.48. The molecule has 8 amide bonds. The summed E-state index contributed by atoms with van der Waals surface area (Å²) in [6, 6.07) is 15.8. The van der Waals surface area contributed by atoms with Gasteiger partial charge in [-0.05, 0) is 137 Å². The summed E-state index contributed by atoms with van der Waals surface area (Å²) in [6.07, 6.45) is 8.21. The van der Waals surface area contributed by atoms with E-state index in [1.807, 2.05) is 77.9 Å². The van der Waals surface area contributed by atoms with Crippen molar-refractivity contribution in [1.82, 2.24) is 62.3 Å². The first-order valence-electron chi connectivity index (χ1n) is 28.8. The van der Waals surface area contributed by atoms with E-state index >= 15 is 0 Å². The number of nitrogens with zero attached hydrogens (tertiary/aromatic N) is 4. The summed E-state index contributed by atoms with van der Waals surface area (Å²) >= 11 is 0. The molecule has 2 aromatic carbocycles. The molecule has 8 rings (SSSR count). The van der Waals surface area contributed by atoms with Gasteiger partial charge in [-0.1, -0.05) is 90.1 Å². The van der Waals surface area contributed by atoms with Gasteiger partial charge in [-0.25, -0.2) is 0 Å². The maximum absolute atomic E-state index is 14.6. The second kappa shape index (κ2) is 25.7. The quantitative estimate of drug-likeness (QED) is 0.0740. The zero-order valence-electron chi connectivity index (χ0n) is 49.0. The van der Waals surface area contributed by atoms with E-state index in [0.29, 0.717) is 11.4 Å². The Morgan fingerprint density at radius 2 is 0.902 bits per heavy atom. The molecule has 0 saturated carbocycles. The lowest BCUT2D eigenvalue weighted by molar-refractivity contribution is -0.144. The van der Waals surface area contributed by atoms with Crippen molar-refractivity contribution in [3.8, 4) is 11.4 Å². The van der Waals surface area contributed by atoms with Crippen LogP contribution in [0.1, 0.15) is 149 Å². The highest BCUT2D eigenvalue weighted by atomic mass is 16.2. The SMILES string of the molecule is CN[C@@H](C)C(=O)N[C@@H](C(=O)N1C[C@@H](NC(=O)c2ccc(-c3ccc(C(=O)N[C@H]4C[C@@H](C(=O)N[C@@H]5CCCc6ccccc65)N(C(=O)[C@H](NC(=O)[C@H](C)NC)C(C)(C)C)C4)cn3)nc2)CC1C(=O)N[C@@H]1CCCc2ccccc21)C(C)(C)C. The number of nitrogens with one attached hydrogen (secondary N) is 8. The van der Waals surface area contributed by atoms with E-state index in [2.05, 4.69) is 64.6 Å². The fourth-order valence-corrected chi connectivity index (χ4v) is 11.5. The van der Waals surface area contributed by atoms with Crippen LogP contribution in [0.25, 0.3) is 11.4 Å². The molecule has 4 aromatic rings. The molecular weight excluding hydrogens is 1040 g/mol. The number of pyridine rings is 2. The van der Waals surface area contributed by atoms with Crippen molar-refractivity contribution in [3.63, 3.8) is 0 Å². The van der Waals surface area contributed by atoms with Crippen LogP contribution in [0, 0.1) is 10.8 Å². The lowest BCUT2D eigenvalue weighted by Crippen LogP contribution is -2.59. The van der Waals surface area contributed by atoms with Crippen molar-refractivity contribution >= 4 is 47.3 Å². The first-order valence-corrected chi connectivity index (χ1v) is 28.8. The molecule has 2 fully saturated rings. The molecule has 0 radical (unpaired) electrons. The van der Waals surface area contributed by atoms with E-state index in [9.17, 15) is 38.4 Å². The van der Waals surface area contributed by atoms with Crippen molar-refractivity contribution in [1.29, 1.82) is 0 Å². The van der Waals surface area contributed by atoms with Gasteiger partial charge in [0.1, 0.15) is 24.2 Å². The number of carbonyl (C=O) groups is 8. The lowest BCUT2D eigenvalue weighted by Gasteiger charge is -2.36. The maximum Gasteiger partial charge on any atom is 0.253 e. The van der Waals surface area contributed by atoms with Gasteiger partial charge in [0.05, 0.1) is 46.7 Å². The van der Waals surface area contributed by atoms with Gasteiger partial charge in [0, 0.05) is 37.6 Å². The number of aromatic nitrogens is 2. The van der Waals surface area contributed by atoms with Crippen LogP contribution in [0.4, 0.5) is 0 Å². The standard InChI is InChI=1S/C62H82N12O8/c1-35(63-9)53(75)71-51(61(3,4)5)59(81)73-33-41(29-49(73)57(79)69-45-23-15-19-37-17-11-13-21-43(37)45)67-55(77)39-25-27-47(65-31-39)48-28-26-40(32-66-48)56(78)68-42-30-50(58(80)70-46-24-16-20-38-18-12-14-22-44(38)46)74(34-42)60(82)52(62(6,7)8)72-54(76)36(2)64-10/h11-14,17-18,21-22,25-28,31-32,35-36,41-42,45-46,49-52,63-64H,15-16,19-20,23-24,29-30,33-34H2,1-10H3,(H,67,77)(H,68,78)(H,69,79)(H,70,80)(H,71,75)(H,72,76)/t35-,36-,41-,42-,45+,46+,49-,50?,51-,52-/m0/s1. The number of hydrogen-bond acceptors (Lipinski definition) is 12. The summed E-state index contributed by atoms with van der Waals surface area (Å²) in [5.41, 5.74) is 4.30. The van der Waals surface area contributed by atoms with Crippen LogP contribution in [-0.2, 0) is 41.6 Å². The molecule has 8 N–H and O–H groups in total. The van der Waals surface area contributed by atoms with E-state index in [-0.39, 0.29) is 72.8 Å². The number of rotatable bonds is 17. The molecule has 2 aliphatic heterocycles. The van der Waals surface area contributed by atoms with Crippen molar-refractivity contribution in [2.75, 3.05) is 27.2 Å². The van der Waals surface area contributed by atoms with E-state index in [1.54, 1.807) is 52.2 Å². The third kappa shape index (κ3) is 14.0. The van der Waals surface area contributed by atoms with Crippen LogP contribution in [0.3, 0.4) is 0 Å². The average Bonchev–Trinajstić information content (AvgIpc) is 4.28. The average molecular weight is 1120 g/mol. The van der Waals surface area contributed by atoms with Gasteiger partial charge in [0.15, 0.2) is 0 Å². The molecule has 2 saturated heterocycles. The molecule has 438 valence electrons. The topological polar surface area (TPSA) is 265 Å². The summed E-state index contributed by atoms with van der Waals surface area (Å²) in [6.45, 7) is 14.6. The summed E-state index contributed by atoms with van der Waals surface area (Å²) in [4.78, 5) is 124. The molecule has 82 heavy (non-hydrogen) atoms. The fourth-order valence-electron chi connectivity index (χ4n) is 11.5. The third-order valence-corrected chi connectivity index (χ3v) is 16.6. The number of amides is 8. The van der Waals surface area contributed by atoms with Gasteiger partial charge in [-0.3, -0.25) is 48.3 Å². The molecule has 20 heteroatoms. The highest BCUT2D eigenvalue weighted by Crippen LogP contribution is 2.34. The van der Waals surface area contributed by atoms with Crippen LogP contribution in [0.15, 0.2) is 85.2 Å². The van der Waals surface area contributed by atoms with E-state index in [1.165, 1.54) is 33.3 Å². The second-order valence-corrected chi connectivity index (χ2v) is 24.6. The Morgan fingerprint density at radius 3 is 1.24 bits per heavy atom. The number of aryl methyl sites for hydroxylation is 2. The fraction of sp³-hybridized carbons (Fsp3) is 0.516. The number of fused-ring (bicyclic) bond motifs is 2. The van der Waals surface area contributed by atoms with Gasteiger partial charge in [0.2, 0.25) is 35.4 Å². The monoisotopic (exact) mass is 1120 g/mol. The third-order valence-electron chi connectivity index (χ3n) is 16.6. The first-order chi connectivity index (χ1) is 38.9. The smallest absolute Gasteiger partial charge is 0.253 e. The van der Waals surface area contributed by atoms with Crippen LogP contribution < -0.4 is 42.5 Å². The molecule has 0 spiro atoms. The maximum atomic E-state index is 14.6. The van der Waals surface area contributed by atoms with Gasteiger partial charge >= 0.3 is 0 Å². The van der Waals surface area contributed by atoms with Crippen LogP contribution in [0.2, 0.25) is 0 Å². The highest BCUT2D eigenvalue weighted by molar-refractivity contribution is 5.98. The minimum atomic E-state index is -0.972. The zero-order valence-corrected chi connectivity index (χ0v) is 49.0. The zero-order chi connectivity index (χ0) is 59.2. The Kier molecular flexibility index (Phi) is 19.0. The van der Waals surface area contributed by atoms with E-state index in [0.717, 1.165) is 49.7 Å². The number of carbonyl (C=O) groups excluding carboxylic acids is 8. The molecule has 0 bridgehead atoms. The number of likely N-dealkylation sites (N-methyl/N-ethyl adjacent to an activating group) is 2. The molecule has 4 heterocycles. The van der Waals surface area contributed by atoms with Gasteiger partial charge in [0.25, 0.3) is 11.8 Å². The van der Waals surface area contributed by atoms with Crippen molar-refractivity contribution < 1.29 is 38.4 Å². The summed E-state index contributed by atoms with van der Waals surface area (Å²) in [5, 5.41) is 24.2. The Morgan fingerprint density at radius 1 is 0.524 bits per heavy atom. The largest absolute Gasteiger partial charge is 0.347 e. The summed E-state index contributed by atoms with van der Waals surface area (Å²) < 4.78 is 0. The lowest BCUT2D eigenvalue weighted by atomic mass is 9.85. The predicted octanol–water partition coefficient (Wildman–Crippen LogP) is 4.21. The Hall–Kier alpha value is -7.58. The minimum Gasteiger partial charge on any atom is -0.347 e. The molecule has 2 aliphatic carbocycles. The second-order valence-electron chi connectivity index (χ2n) is 24.6. The van der Waals surface area contributed by atoms with Crippen molar-refractivity contribution in [2.24, 2.45) is 10.8 Å². The van der Waals surface area contributed by atoms with E-state index in [4.69, 9.17) is 0 Å². The van der Waals surface area contributed by atoms with Crippen molar-refractivity contribution in [2.45, 2.75) is 167 Å². The van der Waals surface area contributed by atoms with Gasteiger partial charge < -0.3 is 52.3 Å². The van der Waals surface area contributed by atoms with Crippen molar-refractivity contribution in [3.05, 3.63) is 119 Å². The molecule has 4 aliphatic rings. The molecule has 1 unspecified atom stereocenters. The molecular formula is C62H82N12O8. The van der Waals surface area contributed by atoms with Crippen LogP contribution in [-0.4, -0.2) is 143 Å². The van der Waals surface area contributed by atoms with Gasteiger partial charge in [-0.15, -0.1) is 0 Å². The van der Waals surface area contributed by atoms with E-state index < -0.39 is 82.8 Å². The predicted molar refractivity (Wildman–Crippen MR) is 311 cm³/mol. The number of hydrogen-bond donors (Lipinski definition) is 8. The molecule has 10 atom stereocenters. The summed E-state index contributed by atoms with van der Waals surface area (Å²) in [5.74, 6) is -3.16. The Balaban J connectivity index is 0.937. The summed E-state index contributed by atoms with van der Waals surface area (Å²) in [7, 11) is 3.32.